The van der Waals surface area contributed by atoms with Gasteiger partial charge >= 0.3 is 5.97 Å². The molecule has 0 spiro atoms. The molecule has 6 heteroatoms. The number of carboxylic acid groups (broad SMARTS) is 1. The van der Waals surface area contributed by atoms with E-state index in [1.165, 1.54) is 11.8 Å². The Bertz CT molecular complexity index is 992. The molecule has 0 radical (unpaired) electrons. The number of nitrogens with two attached hydrogens (primary N) is 1. The molecule has 4 N–H and O–H groups in total. The number of phenolic OH excluding ortho intramolecular Hbond substituents is 1. The molecule has 0 fully saturated rings. The second kappa shape index (κ2) is 6.46. The zero-order valence-electron chi connectivity index (χ0n) is 14.3. The van der Waals surface area contributed by atoms with Crippen molar-refractivity contribution in [2.24, 2.45) is 12.8 Å². The van der Waals surface area contributed by atoms with Gasteiger partial charge in [0.2, 0.25) is 0 Å². The molecule has 0 saturated heterocycles. The van der Waals surface area contributed by atoms with Gasteiger partial charge in [0.1, 0.15) is 5.75 Å². The third-order valence-electron chi connectivity index (χ3n) is 4.41. The molecule has 0 amide bonds. The highest BCUT2D eigenvalue weighted by Crippen LogP contribution is 2.41. The molecule has 2 aromatic carbocycles. The quantitative estimate of drug-likeness (QED) is 0.661. The zero-order chi connectivity index (χ0) is 18.3. The molecular weight excluding hydrogens is 336 g/mol. The number of hydrogen-bond donors (Lipinski definition) is 3. The summed E-state index contributed by atoms with van der Waals surface area (Å²) in [7, 11) is 1.85. The van der Waals surface area contributed by atoms with Crippen molar-refractivity contribution in [2.75, 3.05) is 0 Å². The Morgan fingerprint density at radius 2 is 2.00 bits per heavy atom. The lowest BCUT2D eigenvalue weighted by Crippen LogP contribution is -2.00. The molecule has 1 aromatic heterocycles. The number of aromatic carboxylic acids is 1. The Kier molecular flexibility index (Phi) is 4.49. The second-order valence-corrected chi connectivity index (χ2v) is 7.12. The van der Waals surface area contributed by atoms with Gasteiger partial charge in [-0.3, -0.25) is 0 Å². The fourth-order valence-electron chi connectivity index (χ4n) is 3.08. The van der Waals surface area contributed by atoms with Crippen LogP contribution < -0.4 is 5.73 Å². The van der Waals surface area contributed by atoms with Crippen LogP contribution in [0.5, 0.6) is 5.75 Å². The summed E-state index contributed by atoms with van der Waals surface area (Å²) in [6.07, 6.45) is 0. The van der Waals surface area contributed by atoms with Crippen molar-refractivity contribution >= 4 is 28.6 Å². The predicted molar refractivity (Wildman–Crippen MR) is 99.5 cm³/mol. The number of phenols is 1. The van der Waals surface area contributed by atoms with E-state index in [0.717, 1.165) is 21.5 Å². The minimum atomic E-state index is -1.01. The maximum atomic E-state index is 12.0. The average molecular weight is 356 g/mol. The number of aromatic hydroxyl groups is 1. The Labute approximate surface area is 150 Å². The van der Waals surface area contributed by atoms with Crippen molar-refractivity contribution in [3.8, 4) is 5.75 Å². The molecule has 0 aliphatic carbocycles. The monoisotopic (exact) mass is 356 g/mol. The fraction of sp³-hybridized carbons (Fsp3) is 0.211. The summed E-state index contributed by atoms with van der Waals surface area (Å²) >= 11 is 1.39. The number of carbonyl (C=O) groups is 1. The maximum absolute atomic E-state index is 12.0. The second-order valence-electron chi connectivity index (χ2n) is 6.06. The van der Waals surface area contributed by atoms with Crippen LogP contribution in [0.1, 0.15) is 27.0 Å². The third-order valence-corrected chi connectivity index (χ3v) is 5.57. The van der Waals surface area contributed by atoms with E-state index in [-0.39, 0.29) is 11.3 Å². The van der Waals surface area contributed by atoms with Crippen LogP contribution in [-0.4, -0.2) is 20.7 Å². The summed E-state index contributed by atoms with van der Waals surface area (Å²) in [5.41, 5.74) is 9.01. The van der Waals surface area contributed by atoms with Crippen LogP contribution in [0.15, 0.2) is 40.3 Å². The van der Waals surface area contributed by atoms with Crippen LogP contribution in [0.3, 0.4) is 0 Å². The first-order chi connectivity index (χ1) is 11.8. The molecule has 0 bridgehead atoms. The van der Waals surface area contributed by atoms with Crippen molar-refractivity contribution in [1.82, 2.24) is 4.57 Å². The van der Waals surface area contributed by atoms with Gasteiger partial charge in [0, 0.05) is 29.4 Å². The van der Waals surface area contributed by atoms with E-state index in [1.54, 1.807) is 6.92 Å². The van der Waals surface area contributed by atoms with E-state index in [9.17, 15) is 15.0 Å². The third kappa shape index (κ3) is 2.88. The van der Waals surface area contributed by atoms with Gasteiger partial charge in [-0.25, -0.2) is 4.79 Å². The van der Waals surface area contributed by atoms with Crippen molar-refractivity contribution in [2.45, 2.75) is 30.3 Å². The highest BCUT2D eigenvalue weighted by Gasteiger charge is 2.25. The Hall–Kier alpha value is -2.44. The van der Waals surface area contributed by atoms with Gasteiger partial charge in [-0.1, -0.05) is 23.9 Å². The Balaban J connectivity index is 2.27. The summed E-state index contributed by atoms with van der Waals surface area (Å²) < 4.78 is 1.87. The van der Waals surface area contributed by atoms with Crippen LogP contribution >= 0.6 is 11.8 Å². The van der Waals surface area contributed by atoms with Gasteiger partial charge in [-0.05, 0) is 43.2 Å². The summed E-state index contributed by atoms with van der Waals surface area (Å²) in [5.74, 6) is -0.864. The van der Waals surface area contributed by atoms with E-state index in [2.05, 4.69) is 0 Å². The van der Waals surface area contributed by atoms with Crippen LogP contribution in [0.4, 0.5) is 0 Å². The number of carboxylic acids is 1. The number of aryl methyl sites for hydroxylation is 3. The molecule has 0 aliphatic heterocycles. The number of rotatable bonds is 4. The van der Waals surface area contributed by atoms with Gasteiger partial charge in [-0.2, -0.15) is 0 Å². The summed E-state index contributed by atoms with van der Waals surface area (Å²) in [5, 5.41) is 21.3. The predicted octanol–water partition coefficient (Wildman–Crippen LogP) is 3.81. The van der Waals surface area contributed by atoms with E-state index in [4.69, 9.17) is 5.73 Å². The van der Waals surface area contributed by atoms with Gasteiger partial charge < -0.3 is 20.5 Å². The number of benzene rings is 2. The molecule has 130 valence electrons. The summed E-state index contributed by atoms with van der Waals surface area (Å²) in [6.45, 7) is 3.99. The zero-order valence-corrected chi connectivity index (χ0v) is 15.1. The number of fused-ring (bicyclic) bond motifs is 1. The van der Waals surface area contributed by atoms with Crippen molar-refractivity contribution in [3.05, 3.63) is 52.6 Å². The average Bonchev–Trinajstić information content (AvgIpc) is 2.86. The minimum absolute atomic E-state index is 0.141. The lowest BCUT2D eigenvalue weighted by atomic mass is 10.0. The first kappa shape index (κ1) is 17.4. The molecule has 0 aliphatic rings. The molecule has 0 atom stereocenters. The van der Waals surface area contributed by atoms with Crippen molar-refractivity contribution in [1.29, 1.82) is 0 Å². The molecule has 0 saturated carbocycles. The fourth-order valence-corrected chi connectivity index (χ4v) is 4.19. The molecule has 3 rings (SSSR count). The van der Waals surface area contributed by atoms with Gasteiger partial charge in [0.15, 0.2) is 0 Å². The highest BCUT2D eigenvalue weighted by molar-refractivity contribution is 7.99. The Morgan fingerprint density at radius 1 is 1.28 bits per heavy atom. The summed E-state index contributed by atoms with van der Waals surface area (Å²) in [6, 6.07) is 9.57. The summed E-state index contributed by atoms with van der Waals surface area (Å²) in [4.78, 5) is 12.9. The normalized spacial score (nSPS) is 11.2. The smallest absolute Gasteiger partial charge is 0.339 e. The highest BCUT2D eigenvalue weighted by atomic mass is 32.2. The molecule has 5 nitrogen and oxygen atoms in total. The van der Waals surface area contributed by atoms with E-state index >= 15 is 0 Å². The molecule has 25 heavy (non-hydrogen) atoms. The lowest BCUT2D eigenvalue weighted by Gasteiger charge is -2.07. The largest absolute Gasteiger partial charge is 0.507 e. The van der Waals surface area contributed by atoms with Gasteiger partial charge in [0.25, 0.3) is 0 Å². The van der Waals surface area contributed by atoms with Crippen molar-refractivity contribution in [3.63, 3.8) is 0 Å². The van der Waals surface area contributed by atoms with Crippen LogP contribution in [0.2, 0.25) is 0 Å². The number of aromatic nitrogens is 1. The Morgan fingerprint density at radius 3 is 2.64 bits per heavy atom. The minimum Gasteiger partial charge on any atom is -0.507 e. The molecular formula is C19H20N2O3S. The maximum Gasteiger partial charge on any atom is 0.339 e. The van der Waals surface area contributed by atoms with E-state index < -0.39 is 5.97 Å². The van der Waals surface area contributed by atoms with Gasteiger partial charge in [-0.15, -0.1) is 0 Å². The van der Waals surface area contributed by atoms with Crippen LogP contribution in [-0.2, 0) is 13.6 Å². The number of hydrogen-bond acceptors (Lipinski definition) is 4. The number of nitrogens with zero attached hydrogens (tertiary/aromatic N) is 1. The van der Waals surface area contributed by atoms with Gasteiger partial charge in [0.05, 0.1) is 16.1 Å². The first-order valence-electron chi connectivity index (χ1n) is 7.86. The molecule has 3 aromatic rings. The standard InChI is InChI=1S/C19H20N2O3S/c1-10-7-14-15(11(2)17(10)22)16(19(23)24)18(21(14)3)25-13-6-4-5-12(8-13)9-20/h4-8,22H,9,20H2,1-3H3,(H,23,24). The lowest BCUT2D eigenvalue weighted by molar-refractivity contribution is 0.0694. The van der Waals surface area contributed by atoms with Crippen LogP contribution in [0, 0.1) is 13.8 Å². The SMILES string of the molecule is Cc1cc2c(c(C)c1O)c(C(=O)O)c(Sc1cccc(CN)c1)n2C. The molecule has 1 heterocycles. The molecule has 0 unspecified atom stereocenters. The van der Waals surface area contributed by atoms with Crippen LogP contribution in [0.25, 0.3) is 10.9 Å². The first-order valence-corrected chi connectivity index (χ1v) is 8.68. The van der Waals surface area contributed by atoms with Crippen molar-refractivity contribution < 1.29 is 15.0 Å². The topological polar surface area (TPSA) is 88.5 Å². The van der Waals surface area contributed by atoms with E-state index in [0.29, 0.717) is 22.5 Å². The van der Waals surface area contributed by atoms with E-state index in [1.807, 2.05) is 48.9 Å².